The van der Waals surface area contributed by atoms with Gasteiger partial charge < -0.3 is 0 Å². The summed E-state index contributed by atoms with van der Waals surface area (Å²) in [5, 5.41) is 0. The summed E-state index contributed by atoms with van der Waals surface area (Å²) in [5.41, 5.74) is 1.57. The van der Waals surface area contributed by atoms with Crippen molar-refractivity contribution in [2.24, 2.45) is 0 Å². The Bertz CT molecular complexity index is 979. The summed E-state index contributed by atoms with van der Waals surface area (Å²) >= 11 is 6.61. The quantitative estimate of drug-likeness (QED) is 0.0472. The summed E-state index contributed by atoms with van der Waals surface area (Å²) < 4.78 is 0. The van der Waals surface area contributed by atoms with Crippen LogP contribution in [0.4, 0.5) is 0 Å². The Morgan fingerprint density at radius 1 is 0.281 bits per heavy atom. The van der Waals surface area contributed by atoms with Crippen LogP contribution in [0.2, 0.25) is 0 Å². The first-order valence-electron chi connectivity index (χ1n) is 29.6. The number of aryl methyl sites for hydroxylation is 1. The zero-order chi connectivity index (χ0) is 45.9. The third-order valence-corrected chi connectivity index (χ3v) is 17.5. The van der Waals surface area contributed by atoms with Crippen molar-refractivity contribution >= 4 is 35.3 Å². The van der Waals surface area contributed by atoms with Crippen LogP contribution in [-0.2, 0) is 6.42 Å². The van der Waals surface area contributed by atoms with E-state index in [9.17, 15) is 0 Å². The van der Waals surface area contributed by atoms with Crippen LogP contribution in [0.1, 0.15) is 328 Å². The zero-order valence-electron chi connectivity index (χ0n) is 44.1. The van der Waals surface area contributed by atoms with E-state index in [2.05, 4.69) is 75.1 Å². The third-order valence-electron chi connectivity index (χ3n) is 13.8. The zero-order valence-corrected chi connectivity index (χ0v) is 46.6. The molecule has 0 aliphatic heterocycles. The molecule has 0 amide bonds. The first kappa shape index (κ1) is 62.3. The van der Waals surface area contributed by atoms with E-state index < -0.39 is 0 Å². The van der Waals surface area contributed by atoms with Crippen LogP contribution in [0, 0.1) is 6.92 Å². The van der Waals surface area contributed by atoms with Gasteiger partial charge in [-0.3, -0.25) is 0 Å². The van der Waals surface area contributed by atoms with Crippen LogP contribution in [0.5, 0.6) is 0 Å². The summed E-state index contributed by atoms with van der Waals surface area (Å²) in [4.78, 5) is 4.86. The fourth-order valence-electron chi connectivity index (χ4n) is 9.42. The van der Waals surface area contributed by atoms with E-state index in [0.717, 1.165) is 6.42 Å². The average Bonchev–Trinajstić information content (AvgIpc) is 3.30. The van der Waals surface area contributed by atoms with Gasteiger partial charge in [0.15, 0.2) is 0 Å². The Balaban J connectivity index is 2.52. The molecule has 0 saturated carbocycles. The van der Waals surface area contributed by atoms with E-state index in [1.54, 1.807) is 20.2 Å². The van der Waals surface area contributed by atoms with Gasteiger partial charge in [-0.2, -0.15) is 0 Å². The first-order valence-corrected chi connectivity index (χ1v) is 32.6. The fraction of sp³-hybridized carbons (Fsp3) is 0.885. The lowest BCUT2D eigenvalue weighted by Gasteiger charge is -2.17. The Morgan fingerprint density at radius 2 is 0.500 bits per heavy atom. The molecule has 0 aromatic heterocycles. The van der Waals surface area contributed by atoms with Crippen LogP contribution in [-0.4, -0.2) is 17.3 Å². The van der Waals surface area contributed by atoms with Gasteiger partial charge in [0.1, 0.15) is 0 Å². The molecular weight excluding hydrogens is 829 g/mol. The molecule has 377 valence electrons. The van der Waals surface area contributed by atoms with Crippen LogP contribution < -0.4 is 0 Å². The highest BCUT2D eigenvalue weighted by Gasteiger charge is 2.14. The molecule has 0 N–H and O–H groups in total. The largest absolute Gasteiger partial charge is 0.125 e. The van der Waals surface area contributed by atoms with Crippen LogP contribution in [0.3, 0.4) is 0 Å². The smallest absolute Gasteiger partial charge is 0.0344 e. The van der Waals surface area contributed by atoms with E-state index in [1.807, 2.05) is 0 Å². The molecule has 0 fully saturated rings. The summed E-state index contributed by atoms with van der Waals surface area (Å²) in [5.74, 6) is 3.86. The lowest BCUT2D eigenvalue weighted by Crippen LogP contribution is -1.95. The SMILES string of the molecule is [CH2]CCCc1cc(SCCCCCCCCCCCCCCCCC)c(SCCCCCCCCCCCCCCCCC)c(SCCCCCCCCCCCCCCCCC)c1. The lowest BCUT2D eigenvalue weighted by molar-refractivity contribution is 0.535. The van der Waals surface area contributed by atoms with Gasteiger partial charge >= 0.3 is 0 Å². The Kier molecular flexibility index (Phi) is 51.2. The van der Waals surface area contributed by atoms with Gasteiger partial charge in [-0.15, -0.1) is 35.3 Å². The van der Waals surface area contributed by atoms with Crippen molar-refractivity contribution in [2.75, 3.05) is 17.3 Å². The Labute approximate surface area is 418 Å². The number of rotatable bonds is 54. The highest BCUT2D eigenvalue weighted by atomic mass is 32.2. The minimum atomic E-state index is 1.04. The Hall–Kier alpha value is 0.270. The standard InChI is InChI=1S/C61H115S3/c1-5-9-13-16-19-22-25-28-31-34-37-40-43-46-49-53-62-59-56-58(52-12-8-4)57-60(63-54-50-47-44-41-38-35-32-29-26-23-20-17-14-10-6-2)61(59)64-55-51-48-45-42-39-36-33-30-27-24-21-18-15-11-7-3/h56-57H,4-55H2,1-3H3. The van der Waals surface area contributed by atoms with E-state index in [-0.39, 0.29) is 0 Å². The lowest BCUT2D eigenvalue weighted by atomic mass is 10.0. The second-order valence-electron chi connectivity index (χ2n) is 20.3. The van der Waals surface area contributed by atoms with E-state index in [0.29, 0.717) is 0 Å². The van der Waals surface area contributed by atoms with Gasteiger partial charge in [0, 0.05) is 14.7 Å². The van der Waals surface area contributed by atoms with E-state index in [1.165, 1.54) is 319 Å². The molecule has 3 heteroatoms. The van der Waals surface area contributed by atoms with Crippen molar-refractivity contribution in [3.05, 3.63) is 24.6 Å². The van der Waals surface area contributed by atoms with Crippen molar-refractivity contribution in [1.29, 1.82) is 0 Å². The van der Waals surface area contributed by atoms with E-state index >= 15 is 0 Å². The molecule has 0 bridgehead atoms. The van der Waals surface area contributed by atoms with Gasteiger partial charge in [-0.1, -0.05) is 304 Å². The Morgan fingerprint density at radius 3 is 0.734 bits per heavy atom. The third kappa shape index (κ3) is 42.4. The minimum Gasteiger partial charge on any atom is -0.125 e. The topological polar surface area (TPSA) is 0 Å². The summed E-state index contributed by atoms with van der Waals surface area (Å²) in [6.07, 6.45) is 68.4. The van der Waals surface area contributed by atoms with Crippen molar-refractivity contribution in [3.63, 3.8) is 0 Å². The molecule has 1 rings (SSSR count). The van der Waals surface area contributed by atoms with Crippen LogP contribution >= 0.6 is 35.3 Å². The molecule has 64 heavy (non-hydrogen) atoms. The van der Waals surface area contributed by atoms with E-state index in [4.69, 9.17) is 0 Å². The fourth-order valence-corrected chi connectivity index (χ4v) is 13.2. The van der Waals surface area contributed by atoms with Crippen molar-refractivity contribution in [2.45, 2.75) is 344 Å². The normalized spacial score (nSPS) is 11.7. The van der Waals surface area contributed by atoms with Gasteiger partial charge in [-0.25, -0.2) is 0 Å². The monoisotopic (exact) mass is 944 g/mol. The van der Waals surface area contributed by atoms with Gasteiger partial charge in [0.25, 0.3) is 0 Å². The maximum atomic E-state index is 4.20. The molecule has 1 aromatic carbocycles. The molecule has 1 radical (unpaired) electrons. The molecule has 0 spiro atoms. The van der Waals surface area contributed by atoms with Crippen LogP contribution in [0.15, 0.2) is 26.8 Å². The molecule has 0 aliphatic carbocycles. The number of hydrogen-bond donors (Lipinski definition) is 0. The van der Waals surface area contributed by atoms with Crippen molar-refractivity contribution < 1.29 is 0 Å². The predicted molar refractivity (Wildman–Crippen MR) is 302 cm³/mol. The van der Waals surface area contributed by atoms with Gasteiger partial charge in [-0.05, 0) is 67.1 Å². The first-order chi connectivity index (χ1) is 31.8. The maximum absolute atomic E-state index is 4.20. The second-order valence-corrected chi connectivity index (χ2v) is 23.7. The molecule has 1 aromatic rings. The van der Waals surface area contributed by atoms with Crippen LogP contribution in [0.25, 0.3) is 0 Å². The summed E-state index contributed by atoms with van der Waals surface area (Å²) in [6, 6.07) is 5.22. The highest BCUT2D eigenvalue weighted by Crippen LogP contribution is 2.41. The molecule has 0 atom stereocenters. The maximum Gasteiger partial charge on any atom is 0.0344 e. The average molecular weight is 945 g/mol. The van der Waals surface area contributed by atoms with Crippen molar-refractivity contribution in [1.82, 2.24) is 0 Å². The predicted octanol–water partition coefficient (Wildman–Crippen LogP) is 23.7. The van der Waals surface area contributed by atoms with Crippen molar-refractivity contribution in [3.8, 4) is 0 Å². The molecular formula is C61H115S3. The molecule has 0 aliphatic rings. The molecule has 0 saturated heterocycles. The molecule has 0 nitrogen and oxygen atoms in total. The summed E-state index contributed by atoms with van der Waals surface area (Å²) in [7, 11) is 0. The number of unbranched alkanes of at least 4 members (excludes halogenated alkanes) is 43. The number of hydrogen-bond acceptors (Lipinski definition) is 3. The summed E-state index contributed by atoms with van der Waals surface area (Å²) in [6.45, 7) is 11.2. The molecule has 0 heterocycles. The second kappa shape index (κ2) is 52.6. The number of thioether (sulfide) groups is 3. The molecule has 0 unspecified atom stereocenters. The number of benzene rings is 1. The van der Waals surface area contributed by atoms with Gasteiger partial charge in [0.05, 0.1) is 0 Å². The van der Waals surface area contributed by atoms with Gasteiger partial charge in [0.2, 0.25) is 0 Å². The highest BCUT2D eigenvalue weighted by molar-refractivity contribution is 8.03. The minimum absolute atomic E-state index is 1.04.